The van der Waals surface area contributed by atoms with Crippen LogP contribution in [0.3, 0.4) is 0 Å². The molecule has 21 heavy (non-hydrogen) atoms. The minimum absolute atomic E-state index is 0.398. The van der Waals surface area contributed by atoms with Crippen molar-refractivity contribution in [3.8, 4) is 0 Å². The minimum Gasteiger partial charge on any atom is -0.316 e. The van der Waals surface area contributed by atoms with Crippen molar-refractivity contribution in [2.24, 2.45) is 5.92 Å². The van der Waals surface area contributed by atoms with Crippen LogP contribution in [-0.4, -0.2) is 13.1 Å². The van der Waals surface area contributed by atoms with Crippen LogP contribution in [-0.2, 0) is 5.41 Å². The van der Waals surface area contributed by atoms with Crippen molar-refractivity contribution in [3.05, 3.63) is 35.9 Å². The molecule has 0 saturated heterocycles. The molecule has 0 spiro atoms. The fraction of sp³-hybridized carbons (Fsp3) is 0.700. The van der Waals surface area contributed by atoms with E-state index in [1.165, 1.54) is 51.4 Å². The molecule has 2 rings (SSSR count). The fourth-order valence-corrected chi connectivity index (χ4v) is 4.10. The van der Waals surface area contributed by atoms with Gasteiger partial charge >= 0.3 is 0 Å². The predicted octanol–water partition coefficient (Wildman–Crippen LogP) is 5.30. The molecule has 0 heterocycles. The predicted molar refractivity (Wildman–Crippen MR) is 92.7 cm³/mol. The van der Waals surface area contributed by atoms with Gasteiger partial charge in [0.1, 0.15) is 0 Å². The molecular formula is C20H33N. The Balaban J connectivity index is 2.11. The Morgan fingerprint density at radius 3 is 2.33 bits per heavy atom. The standard InChI is InChI=1S/C20H33N/c1-4-6-11-17(5-2)16-19(21-3)20(14-10-15-20)18-12-8-7-9-13-18/h7-9,12-13,17,19,21H,4-6,10-11,14-16H2,1-3H3. The molecule has 0 aromatic heterocycles. The normalized spacial score (nSPS) is 19.8. The van der Waals surface area contributed by atoms with E-state index in [9.17, 15) is 0 Å². The van der Waals surface area contributed by atoms with Gasteiger partial charge in [-0.05, 0) is 37.8 Å². The van der Waals surface area contributed by atoms with Gasteiger partial charge in [0.15, 0.2) is 0 Å². The second-order valence-corrected chi connectivity index (χ2v) is 6.87. The molecule has 1 N–H and O–H groups in total. The summed E-state index contributed by atoms with van der Waals surface area (Å²) in [7, 11) is 2.17. The third-order valence-electron chi connectivity index (χ3n) is 5.72. The number of unbranched alkanes of at least 4 members (excludes halogenated alkanes) is 1. The van der Waals surface area contributed by atoms with Gasteiger partial charge in [0.25, 0.3) is 0 Å². The van der Waals surface area contributed by atoms with Crippen LogP contribution in [0.5, 0.6) is 0 Å². The minimum atomic E-state index is 0.398. The zero-order valence-corrected chi connectivity index (χ0v) is 14.2. The number of rotatable bonds is 9. The van der Waals surface area contributed by atoms with Crippen molar-refractivity contribution >= 4 is 0 Å². The maximum absolute atomic E-state index is 3.68. The molecule has 1 aromatic carbocycles. The van der Waals surface area contributed by atoms with E-state index in [4.69, 9.17) is 0 Å². The van der Waals surface area contributed by atoms with E-state index in [2.05, 4.69) is 56.5 Å². The third-order valence-corrected chi connectivity index (χ3v) is 5.72. The molecule has 1 fully saturated rings. The lowest BCUT2D eigenvalue weighted by Crippen LogP contribution is -2.52. The SMILES string of the molecule is CCCCC(CC)CC(NC)C1(c2ccccc2)CCC1. The summed E-state index contributed by atoms with van der Waals surface area (Å²) in [6.07, 6.45) is 10.9. The Kier molecular flexibility index (Phi) is 6.29. The first-order valence-electron chi connectivity index (χ1n) is 8.99. The number of hydrogen-bond donors (Lipinski definition) is 1. The summed E-state index contributed by atoms with van der Waals surface area (Å²) in [6.45, 7) is 4.67. The molecule has 0 radical (unpaired) electrons. The topological polar surface area (TPSA) is 12.0 Å². The van der Waals surface area contributed by atoms with E-state index < -0.39 is 0 Å². The van der Waals surface area contributed by atoms with Crippen LogP contribution < -0.4 is 5.32 Å². The second kappa shape index (κ2) is 7.98. The highest BCUT2D eigenvalue weighted by Gasteiger charge is 2.45. The lowest BCUT2D eigenvalue weighted by molar-refractivity contribution is 0.149. The number of likely N-dealkylation sites (N-methyl/N-ethyl adjacent to an activating group) is 1. The summed E-state index contributed by atoms with van der Waals surface area (Å²) >= 11 is 0. The molecule has 118 valence electrons. The lowest BCUT2D eigenvalue weighted by atomic mass is 9.58. The number of benzene rings is 1. The summed E-state index contributed by atoms with van der Waals surface area (Å²) in [4.78, 5) is 0. The van der Waals surface area contributed by atoms with Gasteiger partial charge in [-0.1, -0.05) is 76.3 Å². The van der Waals surface area contributed by atoms with E-state index in [1.54, 1.807) is 5.56 Å². The van der Waals surface area contributed by atoms with Crippen LogP contribution in [0.25, 0.3) is 0 Å². The molecule has 1 nitrogen and oxygen atoms in total. The Bertz CT molecular complexity index is 394. The van der Waals surface area contributed by atoms with Gasteiger partial charge in [0.2, 0.25) is 0 Å². The van der Waals surface area contributed by atoms with Crippen LogP contribution in [0.2, 0.25) is 0 Å². The monoisotopic (exact) mass is 287 g/mol. The summed E-state index contributed by atoms with van der Waals surface area (Å²) in [5.41, 5.74) is 1.95. The van der Waals surface area contributed by atoms with Crippen molar-refractivity contribution in [1.82, 2.24) is 5.32 Å². The fourth-order valence-electron chi connectivity index (χ4n) is 4.10. The van der Waals surface area contributed by atoms with Crippen molar-refractivity contribution in [2.75, 3.05) is 7.05 Å². The maximum atomic E-state index is 3.68. The van der Waals surface area contributed by atoms with Gasteiger partial charge in [-0.3, -0.25) is 0 Å². The molecule has 1 saturated carbocycles. The van der Waals surface area contributed by atoms with Gasteiger partial charge < -0.3 is 5.32 Å². The number of nitrogens with one attached hydrogen (secondary N) is 1. The van der Waals surface area contributed by atoms with Gasteiger partial charge in [-0.25, -0.2) is 0 Å². The lowest BCUT2D eigenvalue weighted by Gasteiger charge is -2.49. The Labute approximate surface area is 131 Å². The molecule has 1 heteroatoms. The average Bonchev–Trinajstić information content (AvgIpc) is 2.49. The van der Waals surface area contributed by atoms with Crippen LogP contribution in [0.1, 0.15) is 70.8 Å². The molecular weight excluding hydrogens is 254 g/mol. The molecule has 1 aromatic rings. The van der Waals surface area contributed by atoms with Crippen LogP contribution in [0.15, 0.2) is 30.3 Å². The summed E-state index contributed by atoms with van der Waals surface area (Å²) < 4.78 is 0. The Hall–Kier alpha value is -0.820. The number of hydrogen-bond acceptors (Lipinski definition) is 1. The molecule has 0 bridgehead atoms. The molecule has 2 unspecified atom stereocenters. The van der Waals surface area contributed by atoms with E-state index in [-0.39, 0.29) is 0 Å². The largest absolute Gasteiger partial charge is 0.316 e. The van der Waals surface area contributed by atoms with Gasteiger partial charge in [-0.15, -0.1) is 0 Å². The van der Waals surface area contributed by atoms with Gasteiger partial charge in [-0.2, -0.15) is 0 Å². The molecule has 1 aliphatic carbocycles. The first-order valence-corrected chi connectivity index (χ1v) is 8.99. The summed E-state index contributed by atoms with van der Waals surface area (Å²) in [5, 5.41) is 3.68. The molecule has 0 aliphatic heterocycles. The quantitative estimate of drug-likeness (QED) is 0.649. The van der Waals surface area contributed by atoms with E-state index in [1.807, 2.05) is 0 Å². The molecule has 1 aliphatic rings. The highest BCUT2D eigenvalue weighted by atomic mass is 14.9. The zero-order valence-electron chi connectivity index (χ0n) is 14.2. The van der Waals surface area contributed by atoms with E-state index >= 15 is 0 Å². The first-order chi connectivity index (χ1) is 10.3. The van der Waals surface area contributed by atoms with Crippen molar-refractivity contribution in [2.45, 2.75) is 76.7 Å². The molecule has 0 amide bonds. The van der Waals surface area contributed by atoms with Crippen molar-refractivity contribution < 1.29 is 0 Å². The zero-order chi connectivity index (χ0) is 15.1. The highest BCUT2D eigenvalue weighted by Crippen LogP contribution is 2.48. The van der Waals surface area contributed by atoms with Crippen molar-refractivity contribution in [3.63, 3.8) is 0 Å². The molecule has 2 atom stereocenters. The third kappa shape index (κ3) is 3.69. The second-order valence-electron chi connectivity index (χ2n) is 6.87. The van der Waals surface area contributed by atoms with Crippen LogP contribution >= 0.6 is 0 Å². The Morgan fingerprint density at radius 1 is 1.14 bits per heavy atom. The average molecular weight is 287 g/mol. The summed E-state index contributed by atoms with van der Waals surface area (Å²) in [5.74, 6) is 0.878. The van der Waals surface area contributed by atoms with Crippen LogP contribution in [0.4, 0.5) is 0 Å². The smallest absolute Gasteiger partial charge is 0.0164 e. The first kappa shape index (κ1) is 16.5. The van der Waals surface area contributed by atoms with Crippen LogP contribution in [0, 0.1) is 5.92 Å². The maximum Gasteiger partial charge on any atom is 0.0164 e. The van der Waals surface area contributed by atoms with E-state index in [0.717, 1.165) is 5.92 Å². The van der Waals surface area contributed by atoms with Crippen molar-refractivity contribution in [1.29, 1.82) is 0 Å². The van der Waals surface area contributed by atoms with Gasteiger partial charge in [0, 0.05) is 11.5 Å². The highest BCUT2D eigenvalue weighted by molar-refractivity contribution is 5.30. The van der Waals surface area contributed by atoms with E-state index in [0.29, 0.717) is 11.5 Å². The Morgan fingerprint density at radius 2 is 1.86 bits per heavy atom. The summed E-state index contributed by atoms with van der Waals surface area (Å²) in [6, 6.07) is 11.9. The van der Waals surface area contributed by atoms with Gasteiger partial charge in [0.05, 0.1) is 0 Å².